The molecule has 1 saturated heterocycles. The molecule has 9 heteroatoms. The molecule has 0 radical (unpaired) electrons. The quantitative estimate of drug-likeness (QED) is 0.576. The molecule has 1 aromatic carbocycles. The Bertz CT molecular complexity index is 1100. The minimum Gasteiger partial charge on any atom is -0.416 e. The average Bonchev–Trinajstić information content (AvgIpc) is 3.23. The Balaban J connectivity index is 1.45. The fourth-order valence-corrected chi connectivity index (χ4v) is 6.18. The number of halogens is 1. The number of aromatic nitrogens is 3. The summed E-state index contributed by atoms with van der Waals surface area (Å²) in [6, 6.07) is 7.89. The third kappa shape index (κ3) is 4.12. The first-order valence-electron chi connectivity index (χ1n) is 8.60. The van der Waals surface area contributed by atoms with E-state index < -0.39 is 9.84 Å². The molecule has 1 fully saturated rings. The number of aryl methyl sites for hydroxylation is 1. The van der Waals surface area contributed by atoms with Gasteiger partial charge in [-0.2, -0.15) is 0 Å². The molecule has 0 saturated carbocycles. The van der Waals surface area contributed by atoms with Crippen LogP contribution in [0.4, 0.5) is 0 Å². The van der Waals surface area contributed by atoms with E-state index in [1.807, 2.05) is 31.2 Å². The van der Waals surface area contributed by atoms with Gasteiger partial charge in [0.1, 0.15) is 0 Å². The van der Waals surface area contributed by atoms with Gasteiger partial charge in [-0.25, -0.2) is 8.42 Å². The standard InChI is InChI=1S/C18H18ClN3O3S2/c1-11-13-4-2-3-5-14(13)20-15(17(11)19)9-26-18-22-21-16(25-18)8-12-6-7-27(23,24)10-12/h2-5,12H,6-10H2,1H3. The third-order valence-electron chi connectivity index (χ3n) is 4.72. The zero-order chi connectivity index (χ0) is 19.0. The number of fused-ring (bicyclic) bond motifs is 1. The van der Waals surface area contributed by atoms with Gasteiger partial charge in [0.2, 0.25) is 5.89 Å². The molecule has 0 spiro atoms. The molecule has 1 unspecified atom stereocenters. The molecule has 2 aromatic heterocycles. The van der Waals surface area contributed by atoms with Crippen molar-refractivity contribution in [3.63, 3.8) is 0 Å². The minimum absolute atomic E-state index is 0.0625. The van der Waals surface area contributed by atoms with Gasteiger partial charge in [-0.05, 0) is 30.9 Å². The Labute approximate surface area is 166 Å². The smallest absolute Gasteiger partial charge is 0.276 e. The molecule has 142 valence electrons. The van der Waals surface area contributed by atoms with Gasteiger partial charge in [-0.15, -0.1) is 10.2 Å². The molecule has 3 aromatic rings. The lowest BCUT2D eigenvalue weighted by Crippen LogP contribution is -2.07. The van der Waals surface area contributed by atoms with Crippen molar-refractivity contribution in [3.8, 4) is 0 Å². The van der Waals surface area contributed by atoms with Crippen molar-refractivity contribution >= 4 is 44.1 Å². The van der Waals surface area contributed by atoms with Gasteiger partial charge in [0.15, 0.2) is 9.84 Å². The van der Waals surface area contributed by atoms with E-state index in [4.69, 9.17) is 16.0 Å². The van der Waals surface area contributed by atoms with Crippen LogP contribution in [0.15, 0.2) is 33.9 Å². The first kappa shape index (κ1) is 18.7. The lowest BCUT2D eigenvalue weighted by molar-refractivity contribution is 0.389. The lowest BCUT2D eigenvalue weighted by Gasteiger charge is -2.08. The first-order valence-corrected chi connectivity index (χ1v) is 11.8. The van der Waals surface area contributed by atoms with Gasteiger partial charge in [-0.3, -0.25) is 4.98 Å². The molecule has 3 heterocycles. The number of sulfone groups is 1. The van der Waals surface area contributed by atoms with Crippen molar-refractivity contribution in [1.29, 1.82) is 0 Å². The SMILES string of the molecule is Cc1c(Cl)c(CSc2nnc(CC3CCS(=O)(=O)C3)o2)nc2ccccc12. The Morgan fingerprint density at radius 1 is 1.30 bits per heavy atom. The minimum atomic E-state index is -2.90. The van der Waals surface area contributed by atoms with Crippen LogP contribution in [-0.2, 0) is 22.0 Å². The summed E-state index contributed by atoms with van der Waals surface area (Å²) in [7, 11) is -2.90. The van der Waals surface area contributed by atoms with Gasteiger partial charge in [0.05, 0.1) is 27.7 Å². The summed E-state index contributed by atoms with van der Waals surface area (Å²) < 4.78 is 28.8. The Morgan fingerprint density at radius 2 is 2.11 bits per heavy atom. The molecule has 0 bridgehead atoms. The molecule has 1 aliphatic rings. The number of nitrogens with zero attached hydrogens (tertiary/aromatic N) is 3. The molecule has 0 amide bonds. The molecule has 0 aliphatic carbocycles. The van der Waals surface area contributed by atoms with Crippen LogP contribution in [0.1, 0.15) is 23.6 Å². The monoisotopic (exact) mass is 423 g/mol. The maximum atomic E-state index is 11.6. The first-order chi connectivity index (χ1) is 12.9. The molecule has 1 atom stereocenters. The third-order valence-corrected chi connectivity index (χ3v) is 7.89. The highest BCUT2D eigenvalue weighted by atomic mass is 35.5. The molecule has 6 nitrogen and oxygen atoms in total. The van der Waals surface area contributed by atoms with Crippen LogP contribution in [0.2, 0.25) is 5.02 Å². The molecule has 27 heavy (non-hydrogen) atoms. The van der Waals surface area contributed by atoms with Gasteiger partial charge in [0.25, 0.3) is 5.22 Å². The van der Waals surface area contributed by atoms with Crippen LogP contribution >= 0.6 is 23.4 Å². The van der Waals surface area contributed by atoms with Gasteiger partial charge in [-0.1, -0.05) is 41.6 Å². The summed E-state index contributed by atoms with van der Waals surface area (Å²) in [6.45, 7) is 1.99. The molecular formula is C18H18ClN3O3S2. The Kier molecular flexibility index (Phi) is 5.13. The summed E-state index contributed by atoms with van der Waals surface area (Å²) in [4.78, 5) is 4.65. The second kappa shape index (κ2) is 7.41. The second-order valence-electron chi connectivity index (χ2n) is 6.74. The van der Waals surface area contributed by atoms with Crippen molar-refractivity contribution in [3.05, 3.63) is 46.4 Å². The Hall–Kier alpha value is -1.64. The maximum absolute atomic E-state index is 11.6. The van der Waals surface area contributed by atoms with Crippen molar-refractivity contribution < 1.29 is 12.8 Å². The Morgan fingerprint density at radius 3 is 2.89 bits per heavy atom. The number of hydrogen-bond donors (Lipinski definition) is 0. The van der Waals surface area contributed by atoms with Crippen LogP contribution in [0.3, 0.4) is 0 Å². The van der Waals surface area contributed by atoms with Crippen LogP contribution < -0.4 is 0 Å². The van der Waals surface area contributed by atoms with E-state index >= 15 is 0 Å². The fraction of sp³-hybridized carbons (Fsp3) is 0.389. The van der Waals surface area contributed by atoms with E-state index in [9.17, 15) is 8.42 Å². The summed E-state index contributed by atoms with van der Waals surface area (Å²) in [5.41, 5.74) is 2.69. The van der Waals surface area contributed by atoms with Crippen molar-refractivity contribution in [2.45, 2.75) is 30.7 Å². The highest BCUT2D eigenvalue weighted by Gasteiger charge is 2.29. The van der Waals surface area contributed by atoms with Gasteiger partial charge in [0, 0.05) is 17.6 Å². The van der Waals surface area contributed by atoms with Crippen LogP contribution in [0.25, 0.3) is 10.9 Å². The van der Waals surface area contributed by atoms with Crippen LogP contribution in [0, 0.1) is 12.8 Å². The van der Waals surface area contributed by atoms with E-state index in [-0.39, 0.29) is 17.4 Å². The van der Waals surface area contributed by atoms with E-state index in [0.717, 1.165) is 22.2 Å². The predicted octanol–water partition coefficient (Wildman–Crippen LogP) is 3.85. The number of rotatable bonds is 5. The van der Waals surface area contributed by atoms with Crippen molar-refractivity contribution in [1.82, 2.24) is 15.2 Å². The normalized spacial score (nSPS) is 19.0. The molecule has 4 rings (SSSR count). The second-order valence-corrected chi connectivity index (χ2v) is 10.3. The average molecular weight is 424 g/mol. The highest BCUT2D eigenvalue weighted by molar-refractivity contribution is 7.98. The van der Waals surface area contributed by atoms with E-state index in [0.29, 0.717) is 34.7 Å². The van der Waals surface area contributed by atoms with E-state index in [1.165, 1.54) is 11.8 Å². The highest BCUT2D eigenvalue weighted by Crippen LogP contribution is 2.31. The summed E-state index contributed by atoms with van der Waals surface area (Å²) in [5.74, 6) is 1.51. The molecular weight excluding hydrogens is 406 g/mol. The molecule has 0 N–H and O–H groups in total. The number of thioether (sulfide) groups is 1. The molecule has 1 aliphatic heterocycles. The topological polar surface area (TPSA) is 86.0 Å². The zero-order valence-electron chi connectivity index (χ0n) is 14.7. The van der Waals surface area contributed by atoms with E-state index in [2.05, 4.69) is 15.2 Å². The summed E-state index contributed by atoms with van der Waals surface area (Å²) >= 11 is 7.86. The fourth-order valence-electron chi connectivity index (χ4n) is 3.30. The number of hydrogen-bond acceptors (Lipinski definition) is 7. The van der Waals surface area contributed by atoms with Crippen molar-refractivity contribution in [2.75, 3.05) is 11.5 Å². The van der Waals surface area contributed by atoms with Crippen molar-refractivity contribution in [2.24, 2.45) is 5.92 Å². The maximum Gasteiger partial charge on any atom is 0.276 e. The van der Waals surface area contributed by atoms with Gasteiger partial charge >= 0.3 is 0 Å². The number of benzene rings is 1. The summed E-state index contributed by atoms with van der Waals surface area (Å²) in [6.07, 6.45) is 1.16. The largest absolute Gasteiger partial charge is 0.416 e. The number of para-hydroxylation sites is 1. The summed E-state index contributed by atoms with van der Waals surface area (Å²) in [5, 5.41) is 10.2. The lowest BCUT2D eigenvalue weighted by atomic mass is 10.1. The van der Waals surface area contributed by atoms with Gasteiger partial charge < -0.3 is 4.42 Å². The van der Waals surface area contributed by atoms with Crippen LogP contribution in [-0.4, -0.2) is 35.1 Å². The zero-order valence-corrected chi connectivity index (χ0v) is 17.1. The predicted molar refractivity (Wildman–Crippen MR) is 106 cm³/mol. The number of pyridine rings is 1. The van der Waals surface area contributed by atoms with E-state index in [1.54, 1.807) is 0 Å². The van der Waals surface area contributed by atoms with Crippen LogP contribution in [0.5, 0.6) is 0 Å².